The van der Waals surface area contributed by atoms with Crippen LogP contribution in [0.1, 0.15) is 43.7 Å². The van der Waals surface area contributed by atoms with Gasteiger partial charge in [0.1, 0.15) is 5.75 Å². The number of amides is 1. The number of piperazine rings is 1. The van der Waals surface area contributed by atoms with Crippen molar-refractivity contribution in [2.45, 2.75) is 38.7 Å². The SMILES string of the molecule is COc1ccncc1C#CCN1CCN(C(=O)c2cc(C(F)(F)F)cc(C(F)(F)F)c2)[C@H](Cc2ccc(C)c(C)c2)C1.Cl.Cl. The largest absolute Gasteiger partial charge is 0.495 e. The second-order valence-electron chi connectivity index (χ2n) is 10.2. The van der Waals surface area contributed by atoms with Gasteiger partial charge in [0.15, 0.2) is 0 Å². The fraction of sp³-hybridized carbons (Fsp3) is 0.355. The molecule has 1 aromatic heterocycles. The molecule has 1 fully saturated rings. The van der Waals surface area contributed by atoms with E-state index in [0.717, 1.165) is 16.7 Å². The van der Waals surface area contributed by atoms with Crippen molar-refractivity contribution < 1.29 is 35.9 Å². The van der Waals surface area contributed by atoms with Crippen LogP contribution in [0.25, 0.3) is 0 Å². The number of pyridine rings is 1. The summed E-state index contributed by atoms with van der Waals surface area (Å²) >= 11 is 0. The van der Waals surface area contributed by atoms with E-state index < -0.39 is 41.0 Å². The molecule has 0 saturated carbocycles. The predicted molar refractivity (Wildman–Crippen MR) is 159 cm³/mol. The van der Waals surface area contributed by atoms with Crippen LogP contribution in [-0.4, -0.2) is 60.0 Å². The summed E-state index contributed by atoms with van der Waals surface area (Å²) in [7, 11) is 1.52. The first-order valence-corrected chi connectivity index (χ1v) is 13.1. The first-order valence-electron chi connectivity index (χ1n) is 13.1. The molecule has 0 bridgehead atoms. The van der Waals surface area contributed by atoms with Crippen LogP contribution in [0.4, 0.5) is 26.3 Å². The van der Waals surface area contributed by atoms with Gasteiger partial charge in [-0.15, -0.1) is 24.8 Å². The van der Waals surface area contributed by atoms with Crippen molar-refractivity contribution in [1.82, 2.24) is 14.8 Å². The van der Waals surface area contributed by atoms with Crippen molar-refractivity contribution >= 4 is 30.7 Å². The van der Waals surface area contributed by atoms with Gasteiger partial charge in [0.25, 0.3) is 5.91 Å². The standard InChI is InChI=1S/C31H29F6N3O2.2ClH/c1-20-6-7-22(13-21(20)2)14-27-19-39(10-4-5-23-18-38-9-8-28(23)42-3)11-12-40(27)29(41)24-15-25(30(32,33)34)17-26(16-24)31(35,36)37;;/h6-9,13,15-18,27H,10-12,14,19H2,1-3H3;2*1H/t27-;;/m1../s1. The summed E-state index contributed by atoms with van der Waals surface area (Å²) in [5.41, 5.74) is -0.0976. The van der Waals surface area contributed by atoms with Crippen molar-refractivity contribution in [2.75, 3.05) is 33.3 Å². The highest BCUT2D eigenvalue weighted by Crippen LogP contribution is 2.37. The number of rotatable bonds is 5. The molecule has 0 radical (unpaired) electrons. The van der Waals surface area contributed by atoms with Crippen LogP contribution >= 0.6 is 24.8 Å². The van der Waals surface area contributed by atoms with E-state index in [1.165, 1.54) is 12.0 Å². The lowest BCUT2D eigenvalue weighted by molar-refractivity contribution is -0.143. The number of benzene rings is 2. The fourth-order valence-corrected chi connectivity index (χ4v) is 4.85. The maximum absolute atomic E-state index is 13.6. The molecule has 2 aromatic carbocycles. The summed E-state index contributed by atoms with van der Waals surface area (Å²) < 4.78 is 86.2. The molecule has 44 heavy (non-hydrogen) atoms. The first-order chi connectivity index (χ1) is 19.8. The second-order valence-corrected chi connectivity index (χ2v) is 10.2. The van der Waals surface area contributed by atoms with E-state index >= 15 is 0 Å². The zero-order valence-electron chi connectivity index (χ0n) is 24.1. The molecule has 1 atom stereocenters. The molecule has 1 saturated heterocycles. The number of ether oxygens (including phenoxy) is 1. The average Bonchev–Trinajstić information content (AvgIpc) is 2.94. The number of alkyl halides is 6. The second kappa shape index (κ2) is 15.0. The van der Waals surface area contributed by atoms with Crippen LogP contribution in [0.15, 0.2) is 54.9 Å². The lowest BCUT2D eigenvalue weighted by Gasteiger charge is -2.41. The third-order valence-electron chi connectivity index (χ3n) is 7.23. The van der Waals surface area contributed by atoms with Crippen molar-refractivity contribution in [1.29, 1.82) is 0 Å². The molecule has 1 amide bonds. The molecular formula is C31H31Cl2F6N3O2. The van der Waals surface area contributed by atoms with Crippen LogP contribution in [0, 0.1) is 25.7 Å². The quantitative estimate of drug-likeness (QED) is 0.218. The van der Waals surface area contributed by atoms with Gasteiger partial charge in [-0.3, -0.25) is 14.7 Å². The highest BCUT2D eigenvalue weighted by Gasteiger charge is 2.39. The molecule has 3 aromatic rings. The van der Waals surface area contributed by atoms with Gasteiger partial charge in [0.2, 0.25) is 0 Å². The molecule has 5 nitrogen and oxygen atoms in total. The fourth-order valence-electron chi connectivity index (χ4n) is 4.85. The monoisotopic (exact) mass is 661 g/mol. The number of aromatic nitrogens is 1. The van der Waals surface area contributed by atoms with Gasteiger partial charge in [-0.05, 0) is 61.2 Å². The predicted octanol–water partition coefficient (Wildman–Crippen LogP) is 7.01. The Kier molecular flexibility index (Phi) is 12.5. The van der Waals surface area contributed by atoms with E-state index in [1.807, 2.05) is 36.9 Å². The number of hydrogen-bond donors (Lipinski definition) is 0. The molecule has 0 unspecified atom stereocenters. The molecule has 0 spiro atoms. The summed E-state index contributed by atoms with van der Waals surface area (Å²) in [6, 6.07) is 7.98. The molecule has 0 N–H and O–H groups in total. The lowest BCUT2D eigenvalue weighted by atomic mass is 9.97. The average molecular weight is 663 g/mol. The van der Waals surface area contributed by atoms with E-state index in [9.17, 15) is 31.1 Å². The van der Waals surface area contributed by atoms with Gasteiger partial charge in [0, 0.05) is 43.6 Å². The zero-order chi connectivity index (χ0) is 30.7. The summed E-state index contributed by atoms with van der Waals surface area (Å²) in [6.07, 6.45) is -6.58. The third-order valence-corrected chi connectivity index (χ3v) is 7.23. The van der Waals surface area contributed by atoms with Crippen LogP contribution in [-0.2, 0) is 18.8 Å². The molecule has 2 heterocycles. The van der Waals surface area contributed by atoms with Crippen molar-refractivity contribution in [3.8, 4) is 17.6 Å². The van der Waals surface area contributed by atoms with E-state index in [0.29, 0.717) is 49.5 Å². The summed E-state index contributed by atoms with van der Waals surface area (Å²) in [6.45, 7) is 4.98. The molecular weight excluding hydrogens is 631 g/mol. The Morgan fingerprint density at radius 3 is 2.20 bits per heavy atom. The van der Waals surface area contributed by atoms with Crippen LogP contribution in [0.3, 0.4) is 0 Å². The van der Waals surface area contributed by atoms with Crippen LogP contribution < -0.4 is 4.74 Å². The minimum atomic E-state index is -5.05. The van der Waals surface area contributed by atoms with E-state index in [4.69, 9.17) is 4.74 Å². The number of halogens is 8. The highest BCUT2D eigenvalue weighted by molar-refractivity contribution is 5.95. The number of hydrogen-bond acceptors (Lipinski definition) is 4. The van der Waals surface area contributed by atoms with Crippen LogP contribution in [0.5, 0.6) is 5.75 Å². The Hall–Kier alpha value is -3.46. The highest BCUT2D eigenvalue weighted by atomic mass is 35.5. The Morgan fingerprint density at radius 2 is 1.61 bits per heavy atom. The summed E-state index contributed by atoms with van der Waals surface area (Å²) in [5.74, 6) is 5.78. The molecule has 238 valence electrons. The number of carbonyl (C=O) groups is 1. The van der Waals surface area contributed by atoms with Gasteiger partial charge in [-0.25, -0.2) is 0 Å². The maximum Gasteiger partial charge on any atom is 0.416 e. The molecule has 0 aliphatic carbocycles. The molecule has 1 aliphatic heterocycles. The number of carbonyl (C=O) groups excluding carboxylic acids is 1. The van der Waals surface area contributed by atoms with Gasteiger partial charge in [-0.2, -0.15) is 26.3 Å². The minimum absolute atomic E-state index is 0. The van der Waals surface area contributed by atoms with Crippen LogP contribution in [0.2, 0.25) is 0 Å². The number of nitrogens with zero attached hydrogens (tertiary/aromatic N) is 3. The van der Waals surface area contributed by atoms with Gasteiger partial charge in [0.05, 0.1) is 30.3 Å². The molecule has 13 heteroatoms. The summed E-state index contributed by atoms with van der Waals surface area (Å²) in [5, 5.41) is 0. The molecule has 4 rings (SSSR count). The maximum atomic E-state index is 13.6. The van der Waals surface area contributed by atoms with Crippen molar-refractivity contribution in [2.24, 2.45) is 0 Å². The van der Waals surface area contributed by atoms with E-state index in [2.05, 4.69) is 16.8 Å². The Labute approximate surface area is 264 Å². The topological polar surface area (TPSA) is 45.7 Å². The Bertz CT molecular complexity index is 1490. The number of aryl methyl sites for hydroxylation is 2. The molecule has 1 aliphatic rings. The smallest absolute Gasteiger partial charge is 0.416 e. The summed E-state index contributed by atoms with van der Waals surface area (Å²) in [4.78, 5) is 21.0. The van der Waals surface area contributed by atoms with E-state index in [-0.39, 0.29) is 37.4 Å². The minimum Gasteiger partial charge on any atom is -0.495 e. The Morgan fingerprint density at radius 1 is 0.955 bits per heavy atom. The normalized spacial score (nSPS) is 15.4. The van der Waals surface area contributed by atoms with Gasteiger partial charge in [-0.1, -0.05) is 30.0 Å². The van der Waals surface area contributed by atoms with Gasteiger partial charge >= 0.3 is 12.4 Å². The van der Waals surface area contributed by atoms with Gasteiger partial charge < -0.3 is 9.64 Å². The van der Waals surface area contributed by atoms with E-state index in [1.54, 1.807) is 18.5 Å². The first kappa shape index (κ1) is 36.7. The van der Waals surface area contributed by atoms with Crippen molar-refractivity contribution in [3.05, 3.63) is 93.8 Å². The Balaban J connectivity index is 0.00000337. The third kappa shape index (κ3) is 9.03. The lowest BCUT2D eigenvalue weighted by Crippen LogP contribution is -2.56. The van der Waals surface area contributed by atoms with Crippen molar-refractivity contribution in [3.63, 3.8) is 0 Å². The zero-order valence-corrected chi connectivity index (χ0v) is 25.7. The number of methoxy groups -OCH3 is 1.